The Hall–Kier alpha value is -2.73. The van der Waals surface area contributed by atoms with Crippen LogP contribution in [0.25, 0.3) is 0 Å². The molecule has 0 bridgehead atoms. The molecule has 4 N–H and O–H groups in total. The van der Waals surface area contributed by atoms with Crippen molar-refractivity contribution in [3.05, 3.63) is 0 Å². The van der Waals surface area contributed by atoms with E-state index in [0.29, 0.717) is 38.7 Å². The molecule has 0 aromatic carbocycles. The summed E-state index contributed by atoms with van der Waals surface area (Å²) in [4.78, 5) is 57.1. The maximum atomic E-state index is 12.0. The van der Waals surface area contributed by atoms with Crippen molar-refractivity contribution in [2.45, 2.75) is 128 Å². The summed E-state index contributed by atoms with van der Waals surface area (Å²) in [5, 5.41) is 39.4. The van der Waals surface area contributed by atoms with E-state index in [1.807, 2.05) is 6.92 Å². The summed E-state index contributed by atoms with van der Waals surface area (Å²) in [6.07, 6.45) is -0.770. The molecule has 0 saturated carbocycles. The summed E-state index contributed by atoms with van der Waals surface area (Å²) < 4.78 is 15.2. The highest BCUT2D eigenvalue weighted by Crippen LogP contribution is 2.21. The van der Waals surface area contributed by atoms with Gasteiger partial charge in [0.1, 0.15) is 37.3 Å². The van der Waals surface area contributed by atoms with Gasteiger partial charge in [0, 0.05) is 6.42 Å². The van der Waals surface area contributed by atoms with Crippen LogP contribution < -0.4 is 0 Å². The summed E-state index contributed by atoms with van der Waals surface area (Å²) in [6, 6.07) is 0. The van der Waals surface area contributed by atoms with E-state index in [1.54, 1.807) is 6.92 Å². The van der Waals surface area contributed by atoms with Gasteiger partial charge in [0.15, 0.2) is 0 Å². The molecule has 38 heavy (non-hydrogen) atoms. The summed E-state index contributed by atoms with van der Waals surface area (Å²) in [6.45, 7) is 4.06. The molecule has 0 saturated heterocycles. The molecule has 0 aromatic rings. The van der Waals surface area contributed by atoms with Crippen LogP contribution in [0.3, 0.4) is 0 Å². The van der Waals surface area contributed by atoms with Gasteiger partial charge >= 0.3 is 29.8 Å². The van der Waals surface area contributed by atoms with Gasteiger partial charge in [0.25, 0.3) is 0 Å². The maximum absolute atomic E-state index is 12.0. The molecule has 0 aliphatic rings. The van der Waals surface area contributed by atoms with Gasteiger partial charge in [0.05, 0.1) is 6.61 Å². The molecule has 0 fully saturated rings. The van der Waals surface area contributed by atoms with Crippen LogP contribution in [0.5, 0.6) is 0 Å². The van der Waals surface area contributed by atoms with E-state index in [-0.39, 0.29) is 18.8 Å². The Morgan fingerprint density at radius 2 is 1.03 bits per heavy atom. The molecule has 0 aliphatic heterocycles. The van der Waals surface area contributed by atoms with Crippen LogP contribution in [-0.4, -0.2) is 81.3 Å². The van der Waals surface area contributed by atoms with Crippen molar-refractivity contribution in [1.82, 2.24) is 0 Å². The molecule has 0 amide bonds. The SMILES string of the molecule is CCCCCCC(OC(=O)CC(=O)O)C(O)C(O)C(CCCCCCCC(=O)OCC)OC(=O)CC(=O)O. The normalized spacial score (nSPS) is 14.1. The lowest BCUT2D eigenvalue weighted by Crippen LogP contribution is -2.47. The first kappa shape index (κ1) is 35.3. The Morgan fingerprint density at radius 3 is 1.45 bits per heavy atom. The number of carboxylic acids is 2. The number of aliphatic carboxylic acids is 2. The first-order valence-electron chi connectivity index (χ1n) is 13.4. The fraction of sp³-hybridized carbons (Fsp3) is 0.808. The molecule has 0 aliphatic carbocycles. The highest BCUT2D eigenvalue weighted by Gasteiger charge is 2.36. The third kappa shape index (κ3) is 17.7. The number of carbonyl (C=O) groups excluding carboxylic acids is 3. The van der Waals surface area contributed by atoms with E-state index >= 15 is 0 Å². The number of carboxylic acid groups (broad SMARTS) is 2. The number of hydrogen-bond donors (Lipinski definition) is 4. The average Bonchev–Trinajstić information content (AvgIpc) is 2.82. The Kier molecular flexibility index (Phi) is 19.7. The van der Waals surface area contributed by atoms with Crippen molar-refractivity contribution < 1.29 is 58.6 Å². The van der Waals surface area contributed by atoms with Gasteiger partial charge in [-0.15, -0.1) is 0 Å². The van der Waals surface area contributed by atoms with Crippen LogP contribution in [0.2, 0.25) is 0 Å². The molecule has 0 aromatic heterocycles. The molecular weight excluding hydrogens is 504 g/mol. The number of unbranched alkanes of at least 4 members (excludes halogenated alkanes) is 7. The quantitative estimate of drug-likeness (QED) is 0.0632. The molecule has 220 valence electrons. The first-order valence-corrected chi connectivity index (χ1v) is 13.4. The average molecular weight is 549 g/mol. The Balaban J connectivity index is 5.18. The fourth-order valence-corrected chi connectivity index (χ4v) is 3.86. The van der Waals surface area contributed by atoms with E-state index in [1.165, 1.54) is 0 Å². The number of ether oxygens (including phenoxy) is 3. The van der Waals surface area contributed by atoms with Gasteiger partial charge in [-0.2, -0.15) is 0 Å². The van der Waals surface area contributed by atoms with Crippen molar-refractivity contribution >= 4 is 29.8 Å². The summed E-state index contributed by atoms with van der Waals surface area (Å²) in [5.74, 6) is -5.25. The largest absolute Gasteiger partial charge is 0.481 e. The Morgan fingerprint density at radius 1 is 0.605 bits per heavy atom. The van der Waals surface area contributed by atoms with Crippen LogP contribution in [0.4, 0.5) is 0 Å². The predicted molar refractivity (Wildman–Crippen MR) is 134 cm³/mol. The molecule has 0 spiro atoms. The van der Waals surface area contributed by atoms with E-state index in [4.69, 9.17) is 24.4 Å². The second-order valence-electron chi connectivity index (χ2n) is 9.14. The lowest BCUT2D eigenvalue weighted by Gasteiger charge is -2.31. The van der Waals surface area contributed by atoms with Crippen LogP contribution in [0.15, 0.2) is 0 Å². The van der Waals surface area contributed by atoms with Crippen molar-refractivity contribution in [3.63, 3.8) is 0 Å². The second kappa shape index (κ2) is 21.2. The van der Waals surface area contributed by atoms with Crippen molar-refractivity contribution in [2.24, 2.45) is 0 Å². The lowest BCUT2D eigenvalue weighted by molar-refractivity contribution is -0.179. The number of aliphatic hydroxyl groups excluding tert-OH is 2. The third-order valence-corrected chi connectivity index (χ3v) is 5.79. The zero-order valence-electron chi connectivity index (χ0n) is 22.5. The van der Waals surface area contributed by atoms with Gasteiger partial charge < -0.3 is 34.6 Å². The number of hydrogen-bond acceptors (Lipinski definition) is 10. The molecular formula is C26H44O12. The fourth-order valence-electron chi connectivity index (χ4n) is 3.86. The maximum Gasteiger partial charge on any atom is 0.317 e. The lowest BCUT2D eigenvalue weighted by atomic mass is 9.95. The third-order valence-electron chi connectivity index (χ3n) is 5.79. The molecule has 0 rings (SSSR count). The van der Waals surface area contributed by atoms with Crippen LogP contribution in [0, 0.1) is 0 Å². The van der Waals surface area contributed by atoms with Crippen molar-refractivity contribution in [2.75, 3.05) is 6.61 Å². The van der Waals surface area contributed by atoms with E-state index in [0.717, 1.165) is 32.1 Å². The molecule has 12 nitrogen and oxygen atoms in total. The predicted octanol–water partition coefficient (Wildman–Crippen LogP) is 2.75. The smallest absolute Gasteiger partial charge is 0.317 e. The van der Waals surface area contributed by atoms with Gasteiger partial charge in [-0.3, -0.25) is 24.0 Å². The number of esters is 3. The topological polar surface area (TPSA) is 194 Å². The van der Waals surface area contributed by atoms with Crippen LogP contribution in [-0.2, 0) is 38.2 Å². The Labute approximate surface area is 223 Å². The van der Waals surface area contributed by atoms with E-state index < -0.39 is 61.1 Å². The van der Waals surface area contributed by atoms with E-state index in [9.17, 15) is 34.2 Å². The zero-order valence-corrected chi connectivity index (χ0v) is 22.5. The molecule has 0 radical (unpaired) electrons. The van der Waals surface area contributed by atoms with Gasteiger partial charge in [0.2, 0.25) is 0 Å². The number of rotatable bonds is 23. The highest BCUT2D eigenvalue weighted by atomic mass is 16.6. The molecule has 4 atom stereocenters. The minimum absolute atomic E-state index is 0.104. The van der Waals surface area contributed by atoms with Crippen LogP contribution in [0.1, 0.15) is 104 Å². The monoisotopic (exact) mass is 548 g/mol. The molecule has 0 heterocycles. The van der Waals surface area contributed by atoms with Gasteiger partial charge in [-0.05, 0) is 39.0 Å². The van der Waals surface area contributed by atoms with Crippen molar-refractivity contribution in [3.8, 4) is 0 Å². The van der Waals surface area contributed by atoms with Crippen LogP contribution >= 0.6 is 0 Å². The van der Waals surface area contributed by atoms with Gasteiger partial charge in [-0.25, -0.2) is 0 Å². The minimum Gasteiger partial charge on any atom is -0.481 e. The summed E-state index contributed by atoms with van der Waals surface area (Å²) in [5.41, 5.74) is 0. The van der Waals surface area contributed by atoms with Crippen molar-refractivity contribution in [1.29, 1.82) is 0 Å². The molecule has 12 heteroatoms. The molecule has 4 unspecified atom stereocenters. The number of carbonyl (C=O) groups is 5. The highest BCUT2D eigenvalue weighted by molar-refractivity contribution is 5.90. The summed E-state index contributed by atoms with van der Waals surface area (Å²) in [7, 11) is 0. The number of aliphatic hydroxyl groups is 2. The first-order chi connectivity index (χ1) is 18.0. The van der Waals surface area contributed by atoms with Gasteiger partial charge in [-0.1, -0.05) is 45.4 Å². The summed E-state index contributed by atoms with van der Waals surface area (Å²) >= 11 is 0. The standard InChI is InChI=1S/C26H44O12/c1-3-5-6-10-13-18(37-23(32)16-20(27)28)25(34)26(35)19(38-24(33)17-21(29)30)14-11-8-7-9-12-15-22(31)36-4-2/h18-19,25-26,34-35H,3-17H2,1-2H3,(H,27,28)(H,29,30). The Bertz CT molecular complexity index is 723. The zero-order chi connectivity index (χ0) is 28.9. The second-order valence-corrected chi connectivity index (χ2v) is 9.14. The minimum atomic E-state index is -1.70. The van der Waals surface area contributed by atoms with E-state index in [2.05, 4.69) is 0 Å².